The number of hydrogen-bond donors (Lipinski definition) is 1. The molecule has 0 fully saturated rings. The molecule has 1 N–H and O–H groups in total. The van der Waals surface area contributed by atoms with E-state index >= 15 is 0 Å². The molecule has 0 aliphatic heterocycles. The number of anilines is 1. The van der Waals surface area contributed by atoms with Crippen molar-refractivity contribution in [3.63, 3.8) is 0 Å². The fraction of sp³-hybridized carbons (Fsp3) is 0.412. The van der Waals surface area contributed by atoms with Gasteiger partial charge in [-0.25, -0.2) is 4.98 Å². The average molecular weight is 316 g/mol. The topological polar surface area (TPSA) is 51.2 Å². The average Bonchev–Trinajstić information content (AvgIpc) is 2.86. The Bertz CT molecular complexity index is 681. The van der Waals surface area contributed by atoms with Crippen molar-refractivity contribution < 1.29 is 9.53 Å². The highest BCUT2D eigenvalue weighted by Gasteiger charge is 2.20. The normalized spacial score (nSPS) is 16.9. The van der Waals surface area contributed by atoms with Crippen LogP contribution in [-0.2, 0) is 17.6 Å². The summed E-state index contributed by atoms with van der Waals surface area (Å²) >= 11 is 1.59. The third-order valence-corrected chi connectivity index (χ3v) is 4.83. The van der Waals surface area contributed by atoms with E-state index in [1.165, 1.54) is 11.3 Å². The Kier molecular flexibility index (Phi) is 4.43. The van der Waals surface area contributed by atoms with Gasteiger partial charge in [-0.15, -0.1) is 11.3 Å². The van der Waals surface area contributed by atoms with Crippen molar-refractivity contribution >= 4 is 22.4 Å². The lowest BCUT2D eigenvalue weighted by molar-refractivity contribution is -0.118. The van der Waals surface area contributed by atoms with Gasteiger partial charge in [0, 0.05) is 4.88 Å². The predicted molar refractivity (Wildman–Crippen MR) is 88.6 cm³/mol. The number of rotatable bonds is 4. The van der Waals surface area contributed by atoms with Crippen molar-refractivity contribution in [3.8, 4) is 5.75 Å². The summed E-state index contributed by atoms with van der Waals surface area (Å²) in [4.78, 5) is 17.8. The smallest absolute Gasteiger partial charge is 0.264 e. The number of nitrogens with zero attached hydrogens (tertiary/aromatic N) is 1. The van der Waals surface area contributed by atoms with Crippen molar-refractivity contribution in [1.82, 2.24) is 4.98 Å². The lowest BCUT2D eigenvalue weighted by Crippen LogP contribution is -2.20. The van der Waals surface area contributed by atoms with Gasteiger partial charge in [0.05, 0.1) is 5.69 Å². The van der Waals surface area contributed by atoms with Crippen LogP contribution < -0.4 is 10.1 Å². The van der Waals surface area contributed by atoms with Crippen molar-refractivity contribution in [2.45, 2.75) is 33.1 Å². The Hall–Kier alpha value is -1.88. The number of thiazole rings is 1. The molecule has 1 aliphatic rings. The first kappa shape index (κ1) is 15.0. The zero-order chi connectivity index (χ0) is 15.5. The monoisotopic (exact) mass is 316 g/mol. The van der Waals surface area contributed by atoms with Crippen LogP contribution >= 0.6 is 11.3 Å². The number of benzene rings is 1. The third-order valence-electron chi connectivity index (χ3n) is 3.79. The summed E-state index contributed by atoms with van der Waals surface area (Å²) < 4.78 is 5.50. The molecular formula is C17H20N2O2S. The lowest BCUT2D eigenvalue weighted by atomic mass is 9.93. The van der Waals surface area contributed by atoms with Crippen LogP contribution in [0.5, 0.6) is 5.75 Å². The second kappa shape index (κ2) is 6.48. The Morgan fingerprint density at radius 3 is 3.18 bits per heavy atom. The van der Waals surface area contributed by atoms with Gasteiger partial charge in [-0.05, 0) is 49.8 Å². The number of amides is 1. The van der Waals surface area contributed by atoms with E-state index in [4.69, 9.17) is 4.74 Å². The molecule has 0 radical (unpaired) electrons. The molecular weight excluding hydrogens is 296 g/mol. The van der Waals surface area contributed by atoms with E-state index in [2.05, 4.69) is 17.2 Å². The second-order valence-electron chi connectivity index (χ2n) is 5.89. The second-order valence-corrected chi connectivity index (χ2v) is 6.97. The van der Waals surface area contributed by atoms with Crippen LogP contribution in [0.15, 0.2) is 24.3 Å². The standard InChI is InChI=1S/C17H20N2O2S/c1-11-4-3-5-13(8-11)21-10-16(20)19-17-18-14-7-6-12(2)9-15(14)22-17/h3-5,8,12H,6-7,9-10H2,1-2H3,(H,18,19,20). The Morgan fingerprint density at radius 1 is 1.50 bits per heavy atom. The summed E-state index contributed by atoms with van der Waals surface area (Å²) in [6.45, 7) is 4.26. The predicted octanol–water partition coefficient (Wildman–Crippen LogP) is 3.59. The van der Waals surface area contributed by atoms with Crippen LogP contribution in [0.25, 0.3) is 0 Å². The minimum Gasteiger partial charge on any atom is -0.484 e. The molecule has 1 unspecified atom stereocenters. The van der Waals surface area contributed by atoms with Gasteiger partial charge in [0.15, 0.2) is 11.7 Å². The number of carbonyl (C=O) groups excluding carboxylic acids is 1. The van der Waals surface area contributed by atoms with E-state index < -0.39 is 0 Å². The summed E-state index contributed by atoms with van der Waals surface area (Å²) in [7, 11) is 0. The molecule has 1 aromatic carbocycles. The van der Waals surface area contributed by atoms with Crippen LogP contribution in [0.2, 0.25) is 0 Å². The molecule has 116 valence electrons. The molecule has 5 heteroatoms. The minimum atomic E-state index is -0.166. The highest BCUT2D eigenvalue weighted by Crippen LogP contribution is 2.32. The SMILES string of the molecule is Cc1cccc(OCC(=O)Nc2nc3c(s2)CC(C)CC3)c1. The van der Waals surface area contributed by atoms with E-state index in [1.807, 2.05) is 31.2 Å². The molecule has 1 aliphatic carbocycles. The number of aryl methyl sites for hydroxylation is 2. The number of hydrogen-bond acceptors (Lipinski definition) is 4. The minimum absolute atomic E-state index is 0.00407. The summed E-state index contributed by atoms with van der Waals surface area (Å²) in [6.07, 6.45) is 3.27. The number of ether oxygens (including phenoxy) is 1. The first-order chi connectivity index (χ1) is 10.6. The summed E-state index contributed by atoms with van der Waals surface area (Å²) in [5, 5.41) is 3.53. The van der Waals surface area contributed by atoms with Crippen molar-refractivity contribution in [1.29, 1.82) is 0 Å². The maximum Gasteiger partial charge on any atom is 0.264 e. The van der Waals surface area contributed by atoms with Crippen LogP contribution in [0.4, 0.5) is 5.13 Å². The first-order valence-electron chi connectivity index (χ1n) is 7.58. The highest BCUT2D eigenvalue weighted by molar-refractivity contribution is 7.15. The van der Waals surface area contributed by atoms with Crippen molar-refractivity contribution in [2.75, 3.05) is 11.9 Å². The zero-order valence-corrected chi connectivity index (χ0v) is 13.7. The first-order valence-corrected chi connectivity index (χ1v) is 8.39. The summed E-state index contributed by atoms with van der Waals surface area (Å²) in [5.74, 6) is 1.25. The van der Waals surface area contributed by atoms with Crippen LogP contribution in [0.3, 0.4) is 0 Å². The molecule has 0 bridgehead atoms. The molecule has 1 atom stereocenters. The van der Waals surface area contributed by atoms with Gasteiger partial charge in [0.25, 0.3) is 5.91 Å². The van der Waals surface area contributed by atoms with Crippen LogP contribution in [-0.4, -0.2) is 17.5 Å². The third kappa shape index (κ3) is 3.65. The molecule has 4 nitrogen and oxygen atoms in total. The molecule has 22 heavy (non-hydrogen) atoms. The maximum absolute atomic E-state index is 12.0. The van der Waals surface area contributed by atoms with E-state index in [0.717, 1.165) is 24.1 Å². The number of aromatic nitrogens is 1. The van der Waals surface area contributed by atoms with Gasteiger partial charge in [-0.1, -0.05) is 19.1 Å². The van der Waals surface area contributed by atoms with Crippen LogP contribution in [0.1, 0.15) is 29.5 Å². The molecule has 2 aromatic rings. The molecule has 1 aromatic heterocycles. The quantitative estimate of drug-likeness (QED) is 0.938. The van der Waals surface area contributed by atoms with E-state index in [-0.39, 0.29) is 12.5 Å². The molecule has 0 spiro atoms. The molecule has 0 saturated carbocycles. The van der Waals surface area contributed by atoms with Gasteiger partial charge in [-0.3, -0.25) is 10.1 Å². The van der Waals surface area contributed by atoms with Gasteiger partial charge >= 0.3 is 0 Å². The lowest BCUT2D eigenvalue weighted by Gasteiger charge is -2.15. The van der Waals surface area contributed by atoms with Gasteiger partial charge in [-0.2, -0.15) is 0 Å². The van der Waals surface area contributed by atoms with Crippen LogP contribution in [0, 0.1) is 12.8 Å². The summed E-state index contributed by atoms with van der Waals surface area (Å²) in [5.41, 5.74) is 2.26. The van der Waals surface area contributed by atoms with Gasteiger partial charge < -0.3 is 4.74 Å². The number of nitrogens with one attached hydrogen (secondary N) is 1. The van der Waals surface area contributed by atoms with E-state index in [1.54, 1.807) is 11.3 Å². The van der Waals surface area contributed by atoms with E-state index in [0.29, 0.717) is 16.8 Å². The Labute approximate surface area is 134 Å². The molecule has 3 rings (SSSR count). The summed E-state index contributed by atoms with van der Waals surface area (Å²) in [6, 6.07) is 7.67. The van der Waals surface area contributed by atoms with Crippen molar-refractivity contribution in [2.24, 2.45) is 5.92 Å². The Balaban J connectivity index is 1.56. The highest BCUT2D eigenvalue weighted by atomic mass is 32.1. The maximum atomic E-state index is 12.0. The fourth-order valence-corrected chi connectivity index (χ4v) is 3.79. The molecule has 1 heterocycles. The Morgan fingerprint density at radius 2 is 2.36 bits per heavy atom. The van der Waals surface area contributed by atoms with Crippen molar-refractivity contribution in [3.05, 3.63) is 40.4 Å². The number of carbonyl (C=O) groups is 1. The van der Waals surface area contributed by atoms with E-state index in [9.17, 15) is 4.79 Å². The molecule has 1 amide bonds. The fourth-order valence-electron chi connectivity index (χ4n) is 2.60. The van der Waals surface area contributed by atoms with Gasteiger partial charge in [0.2, 0.25) is 0 Å². The van der Waals surface area contributed by atoms with Gasteiger partial charge in [0.1, 0.15) is 5.75 Å². The largest absolute Gasteiger partial charge is 0.484 e. The zero-order valence-electron chi connectivity index (χ0n) is 12.9. The number of fused-ring (bicyclic) bond motifs is 1. The molecule has 0 saturated heterocycles.